The third kappa shape index (κ3) is 8.80. The number of anilines is 2. The molecule has 242 valence electrons. The Morgan fingerprint density at radius 2 is 1.89 bits per heavy atom. The van der Waals surface area contributed by atoms with Crippen molar-refractivity contribution in [3.05, 3.63) is 81.4 Å². The number of alkyl carbamates (subject to hydrolysis) is 1. The van der Waals surface area contributed by atoms with Gasteiger partial charge < -0.3 is 30.2 Å². The van der Waals surface area contributed by atoms with Crippen molar-refractivity contribution in [1.29, 1.82) is 0 Å². The Labute approximate surface area is 275 Å². The maximum Gasteiger partial charge on any atom is 0.407 e. The highest BCUT2D eigenvalue weighted by atomic mass is 32.1. The average Bonchev–Trinajstić information content (AvgIpc) is 3.67. The Morgan fingerprint density at radius 3 is 2.64 bits per heavy atom. The Bertz CT molecular complexity index is 1890. The van der Waals surface area contributed by atoms with E-state index in [1.54, 1.807) is 27.0 Å². The molecule has 0 bridgehead atoms. The summed E-state index contributed by atoms with van der Waals surface area (Å²) in [5.74, 6) is -0.167. The van der Waals surface area contributed by atoms with Gasteiger partial charge in [0.2, 0.25) is 11.8 Å². The number of ether oxygens (including phenoxy) is 3. The minimum absolute atomic E-state index is 0.127. The number of thiazole rings is 1. The fraction of sp³-hybridized carbons (Fsp3) is 0.303. The number of amides is 1. The van der Waals surface area contributed by atoms with Crippen molar-refractivity contribution in [3.8, 4) is 5.88 Å². The zero-order valence-corrected chi connectivity index (χ0v) is 27.3. The zero-order valence-electron chi connectivity index (χ0n) is 26.4. The molecule has 0 saturated heterocycles. The molecule has 2 aromatic heterocycles. The zero-order chi connectivity index (χ0) is 33.6. The molecule has 14 heteroatoms. The van der Waals surface area contributed by atoms with Gasteiger partial charge in [0.15, 0.2) is 0 Å². The van der Waals surface area contributed by atoms with Crippen LogP contribution in [0.25, 0.3) is 21.1 Å². The van der Waals surface area contributed by atoms with Gasteiger partial charge in [0.25, 0.3) is 5.70 Å². The van der Waals surface area contributed by atoms with E-state index in [9.17, 15) is 9.59 Å². The van der Waals surface area contributed by atoms with E-state index in [1.807, 2.05) is 54.4 Å². The maximum absolute atomic E-state index is 12.3. The Hall–Kier alpha value is -5.55. The predicted octanol–water partition coefficient (Wildman–Crippen LogP) is 5.47. The van der Waals surface area contributed by atoms with Crippen LogP contribution in [0.1, 0.15) is 42.6 Å². The molecule has 1 aliphatic rings. The standard InChI is InChI=1S/C33H34N8O5S/c1-33(2,3)46-30(42)25(35-4)17-27-38-23-11-10-22(16-26(23)47-27)41(5)14-15-44-32(43)37-18-20-6-8-21(9-7-20)19-45-29-28-24(12-13-36-28)39-31(34)40-29/h6-11,13,16-17H,12,14-15,18-19H2,1-3,5H3,(H,37,43)(H2,34,39,40)/b25-17-. The van der Waals surface area contributed by atoms with Gasteiger partial charge in [0, 0.05) is 31.9 Å². The summed E-state index contributed by atoms with van der Waals surface area (Å²) in [7, 11) is 1.90. The summed E-state index contributed by atoms with van der Waals surface area (Å²) in [6, 6.07) is 13.4. The fourth-order valence-corrected chi connectivity index (χ4v) is 5.38. The summed E-state index contributed by atoms with van der Waals surface area (Å²) in [4.78, 5) is 47.1. The van der Waals surface area contributed by atoms with E-state index >= 15 is 0 Å². The second-order valence-corrected chi connectivity index (χ2v) is 12.6. The van der Waals surface area contributed by atoms with Gasteiger partial charge in [-0.25, -0.2) is 19.6 Å². The van der Waals surface area contributed by atoms with Gasteiger partial charge in [0.05, 0.1) is 29.0 Å². The van der Waals surface area contributed by atoms with Crippen LogP contribution < -0.4 is 20.7 Å². The summed E-state index contributed by atoms with van der Waals surface area (Å²) < 4.78 is 17.4. The van der Waals surface area contributed by atoms with Crippen molar-refractivity contribution >= 4 is 63.2 Å². The van der Waals surface area contributed by atoms with E-state index in [2.05, 4.69) is 30.1 Å². The number of hydrogen-bond acceptors (Lipinski definition) is 12. The van der Waals surface area contributed by atoms with E-state index in [4.69, 9.17) is 26.5 Å². The Morgan fingerprint density at radius 1 is 1.13 bits per heavy atom. The molecule has 1 aliphatic heterocycles. The van der Waals surface area contributed by atoms with Crippen LogP contribution in [-0.2, 0) is 33.8 Å². The van der Waals surface area contributed by atoms with Gasteiger partial charge in [-0.15, -0.1) is 11.3 Å². The number of likely N-dealkylation sites (N-methyl/N-ethyl adjacent to an activating group) is 1. The molecule has 0 radical (unpaired) electrons. The molecule has 0 atom stereocenters. The van der Waals surface area contributed by atoms with E-state index in [0.29, 0.717) is 36.1 Å². The number of esters is 1. The molecule has 47 heavy (non-hydrogen) atoms. The van der Waals surface area contributed by atoms with Gasteiger partial charge in [-0.1, -0.05) is 24.3 Å². The summed E-state index contributed by atoms with van der Waals surface area (Å²) in [6.45, 7) is 13.9. The van der Waals surface area contributed by atoms with Crippen LogP contribution in [0.5, 0.6) is 5.88 Å². The van der Waals surface area contributed by atoms with Crippen LogP contribution in [0.3, 0.4) is 0 Å². The lowest BCUT2D eigenvalue weighted by atomic mass is 10.1. The number of nitrogens with zero attached hydrogens (tertiary/aromatic N) is 6. The van der Waals surface area contributed by atoms with Gasteiger partial charge in [0.1, 0.15) is 29.5 Å². The lowest BCUT2D eigenvalue weighted by molar-refractivity contribution is -0.149. The first-order chi connectivity index (χ1) is 22.5. The Balaban J connectivity index is 1.06. The molecule has 2 aromatic carbocycles. The number of hydrogen-bond donors (Lipinski definition) is 2. The number of aliphatic imine (C=N–C) groups is 1. The topological polar surface area (TPSA) is 159 Å². The number of benzene rings is 2. The lowest BCUT2D eigenvalue weighted by Crippen LogP contribution is -2.28. The van der Waals surface area contributed by atoms with Crippen LogP contribution >= 0.6 is 11.3 Å². The molecule has 0 unspecified atom stereocenters. The highest BCUT2D eigenvalue weighted by Crippen LogP contribution is 2.33. The van der Waals surface area contributed by atoms with Gasteiger partial charge in [-0.2, -0.15) is 4.98 Å². The van der Waals surface area contributed by atoms with Crippen molar-refractivity contribution < 1.29 is 23.8 Å². The number of nitrogens with two attached hydrogens (primary N) is 1. The van der Waals surface area contributed by atoms with Crippen LogP contribution in [0, 0.1) is 6.57 Å². The molecule has 0 aliphatic carbocycles. The fourth-order valence-electron chi connectivity index (χ4n) is 4.44. The highest BCUT2D eigenvalue weighted by Gasteiger charge is 2.21. The van der Waals surface area contributed by atoms with Gasteiger partial charge in [-0.3, -0.25) is 9.79 Å². The number of carbonyl (C=O) groups is 2. The number of fused-ring (bicyclic) bond motifs is 2. The highest BCUT2D eigenvalue weighted by molar-refractivity contribution is 7.19. The molecule has 0 fully saturated rings. The lowest BCUT2D eigenvalue weighted by Gasteiger charge is -2.19. The molecule has 0 spiro atoms. The molecular weight excluding hydrogens is 620 g/mol. The normalized spacial score (nSPS) is 12.4. The van der Waals surface area contributed by atoms with Crippen LogP contribution in [0.4, 0.5) is 22.1 Å². The molecule has 4 aromatic rings. The summed E-state index contributed by atoms with van der Waals surface area (Å²) in [5.41, 5.74) is 9.80. The Kier molecular flexibility index (Phi) is 9.96. The first kappa shape index (κ1) is 32.8. The molecule has 13 nitrogen and oxygen atoms in total. The molecular formula is C33H34N8O5S. The van der Waals surface area contributed by atoms with Crippen molar-refractivity contribution in [1.82, 2.24) is 20.3 Å². The van der Waals surface area contributed by atoms with Gasteiger partial charge >= 0.3 is 12.1 Å². The van der Waals surface area contributed by atoms with Crippen LogP contribution in [0.15, 0.2) is 53.2 Å². The summed E-state index contributed by atoms with van der Waals surface area (Å²) in [6.07, 6.45) is 3.29. The van der Waals surface area contributed by atoms with E-state index in [0.717, 1.165) is 32.7 Å². The van der Waals surface area contributed by atoms with E-state index in [-0.39, 0.29) is 24.9 Å². The van der Waals surface area contributed by atoms with Crippen molar-refractivity contribution in [2.75, 3.05) is 30.8 Å². The summed E-state index contributed by atoms with van der Waals surface area (Å²) in [5, 5.41) is 3.30. The monoisotopic (exact) mass is 654 g/mol. The van der Waals surface area contributed by atoms with Crippen molar-refractivity contribution in [3.63, 3.8) is 0 Å². The third-order valence-electron chi connectivity index (χ3n) is 6.76. The minimum atomic E-state index is -0.700. The second-order valence-electron chi connectivity index (χ2n) is 11.6. The average molecular weight is 655 g/mol. The molecule has 3 N–H and O–H groups in total. The van der Waals surface area contributed by atoms with Crippen LogP contribution in [-0.4, -0.2) is 59.0 Å². The van der Waals surface area contributed by atoms with Crippen molar-refractivity contribution in [2.24, 2.45) is 4.99 Å². The first-order valence-corrected chi connectivity index (χ1v) is 15.5. The smallest absolute Gasteiger partial charge is 0.407 e. The predicted molar refractivity (Wildman–Crippen MR) is 181 cm³/mol. The molecule has 1 amide bonds. The number of nitrogens with one attached hydrogen (secondary N) is 1. The molecule has 5 rings (SSSR count). The number of nitrogen functional groups attached to an aromatic ring is 1. The summed E-state index contributed by atoms with van der Waals surface area (Å²) >= 11 is 1.37. The number of aromatic nitrogens is 3. The third-order valence-corrected chi connectivity index (χ3v) is 7.72. The number of carbonyl (C=O) groups excluding carboxylic acids is 2. The van der Waals surface area contributed by atoms with Crippen molar-refractivity contribution in [2.45, 2.75) is 45.9 Å². The minimum Gasteiger partial charge on any atom is -0.471 e. The second kappa shape index (κ2) is 14.3. The first-order valence-electron chi connectivity index (χ1n) is 14.7. The van der Waals surface area contributed by atoms with Gasteiger partial charge in [-0.05, 0) is 56.2 Å². The largest absolute Gasteiger partial charge is 0.471 e. The van der Waals surface area contributed by atoms with E-state index in [1.165, 1.54) is 17.4 Å². The van der Waals surface area contributed by atoms with E-state index < -0.39 is 17.7 Å². The number of rotatable bonds is 11. The molecule has 0 saturated carbocycles. The quantitative estimate of drug-likeness (QED) is 0.121. The molecule has 3 heterocycles. The SMILES string of the molecule is [C-]#[N+]/C(=C\c1nc2ccc(N(C)CCOC(=O)NCc3ccc(COc4nc(N)nc5c4N=CC5)cc3)cc2s1)C(=O)OC(C)(C)C. The maximum atomic E-state index is 12.3. The van der Waals surface area contributed by atoms with Crippen LogP contribution in [0.2, 0.25) is 0 Å².